The van der Waals surface area contributed by atoms with Crippen LogP contribution in [-0.4, -0.2) is 33.6 Å². The van der Waals surface area contributed by atoms with Crippen LogP contribution in [0, 0.1) is 13.8 Å². The molecule has 0 amide bonds. The minimum Gasteiger partial charge on any atom is -0.492 e. The third-order valence-electron chi connectivity index (χ3n) is 4.63. The van der Waals surface area contributed by atoms with E-state index in [2.05, 4.69) is 29.1 Å². The highest BCUT2D eigenvalue weighted by molar-refractivity contribution is 5.82. The number of imidazole rings is 1. The van der Waals surface area contributed by atoms with Gasteiger partial charge in [0, 0.05) is 36.4 Å². The zero-order chi connectivity index (χ0) is 20.5. The van der Waals surface area contributed by atoms with Crippen molar-refractivity contribution in [2.24, 2.45) is 0 Å². The van der Waals surface area contributed by atoms with Gasteiger partial charge in [0.2, 0.25) is 0 Å². The lowest BCUT2D eigenvalue weighted by Crippen LogP contribution is -2.27. The smallest absolute Gasteiger partial charge is 0.345 e. The van der Waals surface area contributed by atoms with Crippen LogP contribution in [0.2, 0.25) is 0 Å². The van der Waals surface area contributed by atoms with Crippen LogP contribution in [0.25, 0.3) is 27.9 Å². The number of fused-ring (bicyclic) bond motifs is 2. The fraction of sp³-hybridized carbons (Fsp3) is 0.318. The Morgan fingerprint density at radius 3 is 2.79 bits per heavy atom. The summed E-state index contributed by atoms with van der Waals surface area (Å²) < 4.78 is 13.2. The monoisotopic (exact) mass is 392 g/mol. The molecule has 1 N–H and O–H groups in total. The normalized spacial score (nSPS) is 11.6. The van der Waals surface area contributed by atoms with Gasteiger partial charge < -0.3 is 18.9 Å². The van der Waals surface area contributed by atoms with E-state index in [1.807, 2.05) is 48.8 Å². The number of rotatable bonds is 6. The summed E-state index contributed by atoms with van der Waals surface area (Å²) in [6.45, 7) is 9.30. The van der Waals surface area contributed by atoms with Crippen molar-refractivity contribution in [2.45, 2.75) is 33.7 Å². The maximum absolute atomic E-state index is 12.6. The Bertz CT molecular complexity index is 1240. The van der Waals surface area contributed by atoms with Crippen molar-refractivity contribution in [3.05, 3.63) is 58.5 Å². The molecule has 4 aromatic rings. The van der Waals surface area contributed by atoms with Gasteiger partial charge in [-0.05, 0) is 32.0 Å². The first kappa shape index (κ1) is 19.1. The van der Waals surface area contributed by atoms with Crippen molar-refractivity contribution in [3.8, 4) is 17.0 Å². The maximum Gasteiger partial charge on any atom is 0.345 e. The average molecular weight is 392 g/mol. The molecule has 4 rings (SSSR count). The second-order valence-corrected chi connectivity index (χ2v) is 7.43. The molecule has 0 unspecified atom stereocenters. The molecule has 0 atom stereocenters. The van der Waals surface area contributed by atoms with Gasteiger partial charge in [0.05, 0.1) is 22.6 Å². The van der Waals surface area contributed by atoms with Crippen molar-refractivity contribution in [1.82, 2.24) is 19.7 Å². The quantitative estimate of drug-likeness (QED) is 0.400. The summed E-state index contributed by atoms with van der Waals surface area (Å²) in [6, 6.07) is 7.73. The first-order chi connectivity index (χ1) is 13.9. The lowest BCUT2D eigenvalue weighted by atomic mass is 10.1. The highest BCUT2D eigenvalue weighted by Gasteiger charge is 2.14. The summed E-state index contributed by atoms with van der Waals surface area (Å²) in [4.78, 5) is 21.6. The molecule has 0 spiro atoms. The summed E-state index contributed by atoms with van der Waals surface area (Å²) in [6.07, 6.45) is 3.72. The van der Waals surface area contributed by atoms with Crippen LogP contribution in [0.5, 0.6) is 5.75 Å². The largest absolute Gasteiger partial charge is 0.492 e. The third kappa shape index (κ3) is 4.00. The summed E-state index contributed by atoms with van der Waals surface area (Å²) in [5.41, 5.74) is 3.48. The zero-order valence-corrected chi connectivity index (χ0v) is 17.0. The first-order valence-corrected chi connectivity index (χ1v) is 9.68. The van der Waals surface area contributed by atoms with Gasteiger partial charge in [0.1, 0.15) is 17.9 Å². The molecular weight excluding hydrogens is 368 g/mol. The number of ether oxygens (including phenoxy) is 1. The molecule has 0 bridgehead atoms. The van der Waals surface area contributed by atoms with Crippen LogP contribution in [-0.2, 0) is 0 Å². The maximum atomic E-state index is 12.6. The number of benzene rings is 1. The molecule has 0 aliphatic heterocycles. The average Bonchev–Trinajstić information content (AvgIpc) is 3.08. The van der Waals surface area contributed by atoms with Crippen molar-refractivity contribution >= 4 is 16.6 Å². The molecule has 150 valence electrons. The number of hydrogen-bond donors (Lipinski definition) is 1. The summed E-state index contributed by atoms with van der Waals surface area (Å²) in [5.74, 6) is 0.670. The van der Waals surface area contributed by atoms with Crippen LogP contribution >= 0.6 is 0 Å². The molecule has 0 radical (unpaired) electrons. The van der Waals surface area contributed by atoms with E-state index >= 15 is 0 Å². The SMILES string of the molecule is Cc1cn2cc(-c3cc4ccc(OCCNC(C)C)cc4oc3=O)nc2c(C)n1. The van der Waals surface area contributed by atoms with Gasteiger partial charge in [-0.25, -0.2) is 9.78 Å². The Morgan fingerprint density at radius 1 is 1.17 bits per heavy atom. The van der Waals surface area contributed by atoms with E-state index in [-0.39, 0.29) is 0 Å². The second-order valence-electron chi connectivity index (χ2n) is 7.43. The predicted octanol–water partition coefficient (Wildman–Crippen LogP) is 3.50. The molecule has 0 aliphatic rings. The third-order valence-corrected chi connectivity index (χ3v) is 4.63. The van der Waals surface area contributed by atoms with Gasteiger partial charge in [-0.2, -0.15) is 0 Å². The van der Waals surface area contributed by atoms with E-state index in [1.165, 1.54) is 0 Å². The van der Waals surface area contributed by atoms with Gasteiger partial charge >= 0.3 is 5.63 Å². The molecule has 0 saturated heterocycles. The number of aryl methyl sites for hydroxylation is 2. The van der Waals surface area contributed by atoms with Gasteiger partial charge in [0.25, 0.3) is 0 Å². The fourth-order valence-electron chi connectivity index (χ4n) is 3.31. The van der Waals surface area contributed by atoms with Crippen molar-refractivity contribution in [2.75, 3.05) is 13.2 Å². The van der Waals surface area contributed by atoms with Crippen LogP contribution in [0.4, 0.5) is 0 Å². The van der Waals surface area contributed by atoms with Gasteiger partial charge in [-0.3, -0.25) is 4.98 Å². The number of nitrogens with one attached hydrogen (secondary N) is 1. The summed E-state index contributed by atoms with van der Waals surface area (Å²) >= 11 is 0. The Labute approximate surface area is 168 Å². The summed E-state index contributed by atoms with van der Waals surface area (Å²) in [7, 11) is 0. The molecule has 7 nitrogen and oxygen atoms in total. The Morgan fingerprint density at radius 2 is 2.00 bits per heavy atom. The lowest BCUT2D eigenvalue weighted by molar-refractivity contribution is 0.309. The number of hydrogen-bond acceptors (Lipinski definition) is 6. The molecule has 29 heavy (non-hydrogen) atoms. The van der Waals surface area contributed by atoms with Gasteiger partial charge in [-0.15, -0.1) is 0 Å². The van der Waals surface area contributed by atoms with E-state index < -0.39 is 5.63 Å². The van der Waals surface area contributed by atoms with Crippen LogP contribution in [0.1, 0.15) is 25.2 Å². The van der Waals surface area contributed by atoms with E-state index in [1.54, 1.807) is 6.07 Å². The fourth-order valence-corrected chi connectivity index (χ4v) is 3.31. The molecule has 7 heteroatoms. The number of aromatic nitrogens is 3. The van der Waals surface area contributed by atoms with E-state index in [0.29, 0.717) is 35.2 Å². The van der Waals surface area contributed by atoms with Crippen molar-refractivity contribution in [1.29, 1.82) is 0 Å². The second kappa shape index (κ2) is 7.67. The highest BCUT2D eigenvalue weighted by Crippen LogP contribution is 2.25. The van der Waals surface area contributed by atoms with Crippen LogP contribution < -0.4 is 15.7 Å². The van der Waals surface area contributed by atoms with E-state index in [4.69, 9.17) is 9.15 Å². The lowest BCUT2D eigenvalue weighted by Gasteiger charge is -2.10. The molecule has 3 aromatic heterocycles. The van der Waals surface area contributed by atoms with Crippen LogP contribution in [0.3, 0.4) is 0 Å². The molecule has 0 fully saturated rings. The Hall–Kier alpha value is -3.19. The van der Waals surface area contributed by atoms with E-state index in [9.17, 15) is 4.79 Å². The predicted molar refractivity (Wildman–Crippen MR) is 113 cm³/mol. The highest BCUT2D eigenvalue weighted by atomic mass is 16.5. The molecule has 0 saturated carbocycles. The van der Waals surface area contributed by atoms with E-state index in [0.717, 1.165) is 29.0 Å². The van der Waals surface area contributed by atoms with Gasteiger partial charge in [-0.1, -0.05) is 13.8 Å². The molecule has 1 aromatic carbocycles. The minimum absolute atomic E-state index is 0.412. The first-order valence-electron chi connectivity index (χ1n) is 9.68. The molecule has 0 aliphatic carbocycles. The standard InChI is InChI=1S/C22H24N4O3/c1-13(2)23-7-8-28-17-6-5-16-9-18(22(27)29-20(16)10-17)19-12-26-11-14(3)24-15(4)21(26)25-19/h5-6,9-13,23H,7-8H2,1-4H3. The minimum atomic E-state index is -0.429. The number of nitrogens with zero attached hydrogens (tertiary/aromatic N) is 3. The zero-order valence-electron chi connectivity index (χ0n) is 17.0. The molecular formula is C22H24N4O3. The Balaban J connectivity index is 1.65. The van der Waals surface area contributed by atoms with Gasteiger partial charge in [0.15, 0.2) is 5.65 Å². The van der Waals surface area contributed by atoms with Crippen LogP contribution in [0.15, 0.2) is 45.9 Å². The van der Waals surface area contributed by atoms with Crippen molar-refractivity contribution in [3.63, 3.8) is 0 Å². The topological polar surface area (TPSA) is 81.7 Å². The summed E-state index contributed by atoms with van der Waals surface area (Å²) in [5, 5.41) is 4.11. The van der Waals surface area contributed by atoms with Crippen molar-refractivity contribution < 1.29 is 9.15 Å². The Kier molecular flexibility index (Phi) is 5.07. The molecule has 3 heterocycles.